The number of aryl methyl sites for hydroxylation is 3. The highest BCUT2D eigenvalue weighted by atomic mass is 32.2. The number of hydrogen-bond acceptors (Lipinski definition) is 7. The van der Waals surface area contributed by atoms with E-state index in [9.17, 15) is 31.2 Å². The zero-order valence-corrected chi connectivity index (χ0v) is 32.0. The molecule has 2 aliphatic rings. The first-order chi connectivity index (χ1) is 26.1. The topological polar surface area (TPSA) is 115 Å². The van der Waals surface area contributed by atoms with Gasteiger partial charge in [-0.15, -0.1) is 5.10 Å². The SMILES string of the molecule is CCn1nnc2c(C)c(C(c3ccc(C)c(CN4C[C@@H](C)Cc5cc(C(F)(F)F)ccc5S4(=O)=O)c3)C(C)C(=O)N3C(=O)OC[C@H]3c3ccccc3)ccc21. The number of carbonyl (C=O) groups excluding carboxylic acids is 2. The van der Waals surface area contributed by atoms with Crippen LogP contribution in [-0.4, -0.2) is 57.8 Å². The van der Waals surface area contributed by atoms with Gasteiger partial charge >= 0.3 is 12.3 Å². The Hall–Kier alpha value is -5.08. The van der Waals surface area contributed by atoms with E-state index in [-0.39, 0.29) is 42.5 Å². The Labute approximate surface area is 317 Å². The molecule has 0 aliphatic carbocycles. The normalized spacial score (nSPS) is 19.9. The number of aromatic nitrogens is 3. The van der Waals surface area contributed by atoms with Gasteiger partial charge in [-0.1, -0.05) is 73.7 Å². The third kappa shape index (κ3) is 7.01. The van der Waals surface area contributed by atoms with Crippen LogP contribution in [0, 0.1) is 25.7 Å². The molecule has 3 heterocycles. The second-order valence-corrected chi connectivity index (χ2v) is 16.6. The van der Waals surface area contributed by atoms with Crippen molar-refractivity contribution < 1.29 is 35.9 Å². The van der Waals surface area contributed by atoms with E-state index >= 15 is 0 Å². The van der Waals surface area contributed by atoms with Gasteiger partial charge in [0.05, 0.1) is 16.0 Å². The lowest BCUT2D eigenvalue weighted by molar-refractivity contribution is -0.137. The van der Waals surface area contributed by atoms with Crippen LogP contribution in [0.2, 0.25) is 0 Å². The molecule has 2 aliphatic heterocycles. The summed E-state index contributed by atoms with van der Waals surface area (Å²) in [5.41, 5.74) is 5.32. The molecule has 0 N–H and O–H groups in total. The van der Waals surface area contributed by atoms with Crippen LogP contribution in [0.5, 0.6) is 0 Å². The van der Waals surface area contributed by atoms with Crippen LogP contribution >= 0.6 is 0 Å². The summed E-state index contributed by atoms with van der Waals surface area (Å²) in [4.78, 5) is 28.9. The van der Waals surface area contributed by atoms with E-state index in [1.54, 1.807) is 11.6 Å². The number of nitrogens with zero attached hydrogens (tertiary/aromatic N) is 5. The zero-order valence-electron chi connectivity index (χ0n) is 31.2. The molecule has 0 radical (unpaired) electrons. The van der Waals surface area contributed by atoms with Gasteiger partial charge in [-0.05, 0) is 96.3 Å². The zero-order chi connectivity index (χ0) is 39.4. The van der Waals surface area contributed by atoms with Crippen molar-refractivity contribution in [1.29, 1.82) is 0 Å². The van der Waals surface area contributed by atoms with Crippen LogP contribution in [0.1, 0.15) is 77.2 Å². The summed E-state index contributed by atoms with van der Waals surface area (Å²) in [7, 11) is -4.19. The Kier molecular flexibility index (Phi) is 10.1. The number of hydrogen-bond donors (Lipinski definition) is 0. The van der Waals surface area contributed by atoms with Gasteiger partial charge in [0.1, 0.15) is 18.2 Å². The molecule has 4 atom stereocenters. The highest BCUT2D eigenvalue weighted by molar-refractivity contribution is 7.89. The molecule has 0 spiro atoms. The van der Waals surface area contributed by atoms with Crippen LogP contribution in [-0.2, 0) is 45.2 Å². The van der Waals surface area contributed by atoms with Crippen LogP contribution < -0.4 is 0 Å². The summed E-state index contributed by atoms with van der Waals surface area (Å²) >= 11 is 0. The Morgan fingerprint density at radius 2 is 1.76 bits per heavy atom. The molecule has 2 unspecified atom stereocenters. The van der Waals surface area contributed by atoms with E-state index in [4.69, 9.17) is 4.74 Å². The number of imide groups is 1. The Morgan fingerprint density at radius 3 is 2.47 bits per heavy atom. The van der Waals surface area contributed by atoms with Crippen LogP contribution in [0.25, 0.3) is 11.0 Å². The maximum Gasteiger partial charge on any atom is 0.417 e. The second kappa shape index (κ2) is 14.5. The molecule has 55 heavy (non-hydrogen) atoms. The third-order valence-electron chi connectivity index (χ3n) is 11.0. The van der Waals surface area contributed by atoms with Crippen molar-refractivity contribution in [2.45, 2.75) is 77.2 Å². The number of rotatable bonds is 8. The predicted octanol–water partition coefficient (Wildman–Crippen LogP) is 7.96. The van der Waals surface area contributed by atoms with Crippen molar-refractivity contribution >= 4 is 33.1 Å². The number of fused-ring (bicyclic) bond motifs is 2. The van der Waals surface area contributed by atoms with Gasteiger partial charge in [0, 0.05) is 31.5 Å². The molecular formula is C41H42F3N5O5S. The lowest BCUT2D eigenvalue weighted by Crippen LogP contribution is -2.40. The van der Waals surface area contributed by atoms with E-state index < -0.39 is 51.6 Å². The number of benzene rings is 4. The van der Waals surface area contributed by atoms with Gasteiger partial charge in [0.2, 0.25) is 15.9 Å². The molecule has 1 aromatic heterocycles. The average Bonchev–Trinajstić information content (AvgIpc) is 3.74. The number of carbonyl (C=O) groups is 2. The van der Waals surface area contributed by atoms with Crippen molar-refractivity contribution in [3.05, 3.63) is 123 Å². The van der Waals surface area contributed by atoms with E-state index in [1.807, 2.05) is 88.4 Å². The maximum absolute atomic E-state index is 14.6. The van der Waals surface area contributed by atoms with Crippen LogP contribution in [0.15, 0.2) is 83.8 Å². The van der Waals surface area contributed by atoms with Gasteiger partial charge in [-0.25, -0.2) is 22.8 Å². The molecule has 288 valence electrons. The van der Waals surface area contributed by atoms with E-state index in [0.717, 1.165) is 46.0 Å². The monoisotopic (exact) mass is 773 g/mol. The second-order valence-electron chi connectivity index (χ2n) is 14.6. The van der Waals surface area contributed by atoms with E-state index in [0.29, 0.717) is 23.2 Å². The highest BCUT2D eigenvalue weighted by Crippen LogP contribution is 2.41. The van der Waals surface area contributed by atoms with E-state index in [2.05, 4.69) is 10.3 Å². The Bertz CT molecular complexity index is 2400. The number of sulfonamides is 1. The molecule has 1 saturated heterocycles. The maximum atomic E-state index is 14.6. The summed E-state index contributed by atoms with van der Waals surface area (Å²) in [6.45, 7) is 10.1. The van der Waals surface area contributed by atoms with Gasteiger partial charge in [-0.2, -0.15) is 17.5 Å². The molecule has 0 saturated carbocycles. The predicted molar refractivity (Wildman–Crippen MR) is 199 cm³/mol. The Morgan fingerprint density at radius 1 is 1.02 bits per heavy atom. The molecule has 10 nitrogen and oxygen atoms in total. The molecule has 4 aromatic carbocycles. The van der Waals surface area contributed by atoms with Gasteiger partial charge < -0.3 is 4.74 Å². The number of amides is 2. The molecule has 1 fully saturated rings. The summed E-state index contributed by atoms with van der Waals surface area (Å²) in [5, 5.41) is 8.76. The van der Waals surface area contributed by atoms with Crippen molar-refractivity contribution in [3.8, 4) is 0 Å². The van der Waals surface area contributed by atoms with Crippen molar-refractivity contribution in [2.24, 2.45) is 11.8 Å². The first-order valence-corrected chi connectivity index (χ1v) is 19.7. The molecule has 14 heteroatoms. The van der Waals surface area contributed by atoms with Gasteiger partial charge in [0.25, 0.3) is 0 Å². The average molecular weight is 774 g/mol. The molecule has 0 bridgehead atoms. The summed E-state index contributed by atoms with van der Waals surface area (Å²) in [5.74, 6) is -2.12. The summed E-state index contributed by atoms with van der Waals surface area (Å²) in [6, 6.07) is 21.0. The van der Waals surface area contributed by atoms with Crippen molar-refractivity contribution in [2.75, 3.05) is 13.2 Å². The molecule has 5 aromatic rings. The number of cyclic esters (lactones) is 1. The van der Waals surface area contributed by atoms with Crippen molar-refractivity contribution in [3.63, 3.8) is 0 Å². The van der Waals surface area contributed by atoms with Crippen LogP contribution in [0.3, 0.4) is 0 Å². The lowest BCUT2D eigenvalue weighted by Gasteiger charge is -2.30. The fraction of sp³-hybridized carbons (Fsp3) is 0.366. The molecule has 7 rings (SSSR count). The summed E-state index contributed by atoms with van der Waals surface area (Å²) < 4.78 is 77.6. The Balaban J connectivity index is 1.30. The fourth-order valence-electron chi connectivity index (χ4n) is 8.02. The highest BCUT2D eigenvalue weighted by Gasteiger charge is 2.43. The lowest BCUT2D eigenvalue weighted by atomic mass is 9.78. The molecule has 2 amide bonds. The minimum Gasteiger partial charge on any atom is -0.446 e. The largest absolute Gasteiger partial charge is 0.446 e. The quantitative estimate of drug-likeness (QED) is 0.157. The summed E-state index contributed by atoms with van der Waals surface area (Å²) in [6.07, 6.45) is -5.16. The standard InChI is InChI=1S/C41H42F3N5O5S/c1-6-48-34-16-15-33(26(4)38(34)45-46-48)37(27(5)39(50)49-35(23-54-40(49)51)28-10-8-7-9-11-28)29-13-12-25(3)31(19-29)22-47-21-24(2)18-30-20-32(41(42,43)44)14-17-36(30)55(47,52)53/h7-17,19-20,24,27,35,37H,6,18,21-23H2,1-5H3/t24-,27?,35-,37?/m0/s1. The minimum absolute atomic E-state index is 0.0230. The van der Waals surface area contributed by atoms with Gasteiger partial charge in [-0.3, -0.25) is 4.79 Å². The minimum atomic E-state index is -4.60. The molecular weight excluding hydrogens is 732 g/mol. The third-order valence-corrected chi connectivity index (χ3v) is 12.9. The first-order valence-electron chi connectivity index (χ1n) is 18.3. The van der Waals surface area contributed by atoms with Crippen molar-refractivity contribution in [1.82, 2.24) is 24.2 Å². The first kappa shape index (κ1) is 38.2. The number of halogens is 3. The number of ether oxygens (including phenoxy) is 1. The van der Waals surface area contributed by atoms with Gasteiger partial charge in [0.15, 0.2) is 0 Å². The van der Waals surface area contributed by atoms with Crippen LogP contribution in [0.4, 0.5) is 18.0 Å². The fourth-order valence-corrected chi connectivity index (χ4v) is 9.78. The van der Waals surface area contributed by atoms with E-state index in [1.165, 1.54) is 9.21 Å². The number of alkyl halides is 3. The smallest absolute Gasteiger partial charge is 0.417 e.